The summed E-state index contributed by atoms with van der Waals surface area (Å²) in [7, 11) is 2.23. The van der Waals surface area contributed by atoms with Gasteiger partial charge in [0.15, 0.2) is 0 Å². The summed E-state index contributed by atoms with van der Waals surface area (Å²) in [6.45, 7) is 5.92. The van der Waals surface area contributed by atoms with E-state index in [4.69, 9.17) is 0 Å². The minimum Gasteiger partial charge on any atom is -0.343 e. The number of hydrogen-bond donors (Lipinski definition) is 0. The monoisotopic (exact) mass is 353 g/mol. The highest BCUT2D eigenvalue weighted by atomic mass is 79.9. The number of nitrogens with zero attached hydrogens (tertiary/aromatic N) is 3. The molecule has 0 aliphatic carbocycles. The predicted octanol–water partition coefficient (Wildman–Crippen LogP) is 2.83. The lowest BCUT2D eigenvalue weighted by atomic mass is 9.84. The zero-order chi connectivity index (χ0) is 15.0. The number of hydrogen-bond acceptors (Lipinski definition) is 2. The van der Waals surface area contributed by atoms with Crippen molar-refractivity contribution in [2.24, 2.45) is 5.92 Å². The van der Waals surface area contributed by atoms with Crippen LogP contribution in [0.2, 0.25) is 0 Å². The van der Waals surface area contributed by atoms with E-state index >= 15 is 0 Å². The molecule has 0 bridgehead atoms. The van der Waals surface area contributed by atoms with Crippen LogP contribution in [0.3, 0.4) is 0 Å². The van der Waals surface area contributed by atoms with Crippen molar-refractivity contribution >= 4 is 21.8 Å². The summed E-state index contributed by atoms with van der Waals surface area (Å²) in [5.41, 5.74) is 0.812. The second kappa shape index (κ2) is 6.13. The van der Waals surface area contributed by atoms with Crippen LogP contribution < -0.4 is 0 Å². The topological polar surface area (TPSA) is 28.5 Å². The van der Waals surface area contributed by atoms with Crippen LogP contribution in [-0.2, 0) is 6.54 Å². The summed E-state index contributed by atoms with van der Waals surface area (Å²) in [5, 5.41) is 0. The summed E-state index contributed by atoms with van der Waals surface area (Å²) >= 11 is 3.48. The predicted molar refractivity (Wildman–Crippen MR) is 87.5 cm³/mol. The van der Waals surface area contributed by atoms with Gasteiger partial charge >= 0.3 is 0 Å². The third-order valence-corrected chi connectivity index (χ3v) is 5.49. The first kappa shape index (κ1) is 15.1. The third-order valence-electron chi connectivity index (χ3n) is 5.06. The van der Waals surface area contributed by atoms with Crippen LogP contribution in [0.25, 0.3) is 0 Å². The number of aryl methyl sites for hydroxylation is 1. The van der Waals surface area contributed by atoms with Crippen LogP contribution in [0, 0.1) is 5.92 Å². The number of halogens is 1. The van der Waals surface area contributed by atoms with Crippen LogP contribution in [0.1, 0.15) is 36.7 Å². The van der Waals surface area contributed by atoms with E-state index in [2.05, 4.69) is 39.7 Å². The van der Waals surface area contributed by atoms with Gasteiger partial charge in [-0.1, -0.05) is 0 Å². The normalized spacial score (nSPS) is 26.7. The van der Waals surface area contributed by atoms with Crippen molar-refractivity contribution in [1.29, 1.82) is 0 Å². The first-order chi connectivity index (χ1) is 10.1. The van der Waals surface area contributed by atoms with E-state index < -0.39 is 0 Å². The molecule has 4 nitrogen and oxygen atoms in total. The largest absolute Gasteiger partial charge is 0.343 e. The number of likely N-dealkylation sites (tertiary alicyclic amines) is 2. The molecular weight excluding hydrogens is 330 g/mol. The highest BCUT2D eigenvalue weighted by molar-refractivity contribution is 9.10. The fourth-order valence-corrected chi connectivity index (χ4v) is 4.38. The van der Waals surface area contributed by atoms with E-state index in [0.29, 0.717) is 12.0 Å². The Morgan fingerprint density at radius 2 is 2.19 bits per heavy atom. The van der Waals surface area contributed by atoms with Gasteiger partial charge in [0.25, 0.3) is 5.91 Å². The lowest BCUT2D eigenvalue weighted by molar-refractivity contribution is 0.0310. The molecule has 2 atom stereocenters. The van der Waals surface area contributed by atoms with E-state index in [9.17, 15) is 4.79 Å². The fraction of sp³-hybridized carbons (Fsp3) is 0.688. The van der Waals surface area contributed by atoms with Gasteiger partial charge in [-0.05, 0) is 67.7 Å². The van der Waals surface area contributed by atoms with Gasteiger partial charge in [0.2, 0.25) is 0 Å². The first-order valence-corrected chi connectivity index (χ1v) is 8.74. The summed E-state index contributed by atoms with van der Waals surface area (Å²) < 4.78 is 3.02. The Hall–Kier alpha value is -0.810. The van der Waals surface area contributed by atoms with Gasteiger partial charge in [0.05, 0.1) is 0 Å². The molecule has 116 valence electrons. The number of carbonyl (C=O) groups excluding carboxylic acids is 1. The molecule has 0 radical (unpaired) electrons. The first-order valence-electron chi connectivity index (χ1n) is 7.95. The van der Waals surface area contributed by atoms with Crippen molar-refractivity contribution in [3.05, 3.63) is 22.4 Å². The molecule has 21 heavy (non-hydrogen) atoms. The molecule has 0 saturated carbocycles. The fourth-order valence-electron chi connectivity index (χ4n) is 3.91. The number of piperidine rings is 2. The summed E-state index contributed by atoms with van der Waals surface area (Å²) in [6.07, 6.45) is 5.63. The molecular formula is C16H24BrN3O. The number of aromatic nitrogens is 1. The number of fused-ring (bicyclic) bond motifs is 1. The Morgan fingerprint density at radius 1 is 1.38 bits per heavy atom. The van der Waals surface area contributed by atoms with Gasteiger partial charge in [-0.25, -0.2) is 0 Å². The Bertz CT molecular complexity index is 528. The average Bonchev–Trinajstić information content (AvgIpc) is 2.87. The number of amides is 1. The molecule has 0 N–H and O–H groups in total. The molecule has 0 spiro atoms. The quantitative estimate of drug-likeness (QED) is 0.817. The Labute approximate surface area is 135 Å². The van der Waals surface area contributed by atoms with Gasteiger partial charge in [-0.3, -0.25) is 4.79 Å². The van der Waals surface area contributed by atoms with Crippen LogP contribution >= 0.6 is 15.9 Å². The van der Waals surface area contributed by atoms with Crippen LogP contribution in [0.4, 0.5) is 0 Å². The smallest absolute Gasteiger partial charge is 0.270 e. The third kappa shape index (κ3) is 2.90. The SMILES string of the molecule is CCn1cc(Br)cc1C(=O)N1CCC2C(CCCN2C)C1. The van der Waals surface area contributed by atoms with Crippen LogP contribution in [0.15, 0.2) is 16.7 Å². The van der Waals surface area contributed by atoms with Crippen LogP contribution in [0.5, 0.6) is 0 Å². The maximum atomic E-state index is 12.8. The lowest BCUT2D eigenvalue weighted by Crippen LogP contribution is -2.54. The van der Waals surface area contributed by atoms with Gasteiger partial charge in [-0.15, -0.1) is 0 Å². The zero-order valence-corrected chi connectivity index (χ0v) is 14.5. The summed E-state index contributed by atoms with van der Waals surface area (Å²) in [6, 6.07) is 2.62. The van der Waals surface area contributed by atoms with Gasteiger partial charge in [0.1, 0.15) is 5.69 Å². The van der Waals surface area contributed by atoms with Crippen molar-refractivity contribution in [3.8, 4) is 0 Å². The van der Waals surface area contributed by atoms with E-state index in [1.165, 1.54) is 19.4 Å². The molecule has 2 unspecified atom stereocenters. The Morgan fingerprint density at radius 3 is 2.95 bits per heavy atom. The highest BCUT2D eigenvalue weighted by Crippen LogP contribution is 2.30. The summed E-state index contributed by atoms with van der Waals surface area (Å²) in [4.78, 5) is 17.4. The van der Waals surface area contributed by atoms with E-state index in [1.54, 1.807) is 0 Å². The van der Waals surface area contributed by atoms with Gasteiger partial charge in [-0.2, -0.15) is 0 Å². The molecule has 0 aromatic carbocycles. The standard InChI is InChI=1S/C16H24BrN3O/c1-3-19-11-13(17)9-15(19)16(21)20-8-6-14-12(10-20)5-4-7-18(14)2/h9,11-12,14H,3-8,10H2,1-2H3. The molecule has 2 fully saturated rings. The molecule has 2 saturated heterocycles. The van der Waals surface area contributed by atoms with Gasteiger partial charge < -0.3 is 14.4 Å². The minimum absolute atomic E-state index is 0.189. The van der Waals surface area contributed by atoms with E-state index in [0.717, 1.165) is 36.2 Å². The van der Waals surface area contributed by atoms with Crippen molar-refractivity contribution < 1.29 is 4.79 Å². The molecule has 1 amide bonds. The second-order valence-electron chi connectivity index (χ2n) is 6.32. The van der Waals surface area contributed by atoms with Crippen molar-refractivity contribution in [1.82, 2.24) is 14.4 Å². The maximum absolute atomic E-state index is 12.8. The molecule has 1 aromatic heterocycles. The minimum atomic E-state index is 0.189. The second-order valence-corrected chi connectivity index (χ2v) is 7.24. The average molecular weight is 354 g/mol. The maximum Gasteiger partial charge on any atom is 0.270 e. The van der Waals surface area contributed by atoms with E-state index in [1.807, 2.05) is 16.8 Å². The molecule has 3 rings (SSSR count). The lowest BCUT2D eigenvalue weighted by Gasteiger charge is -2.45. The molecule has 2 aliphatic rings. The molecule has 2 aliphatic heterocycles. The van der Waals surface area contributed by atoms with Crippen molar-refractivity contribution in [2.75, 3.05) is 26.7 Å². The molecule has 3 heterocycles. The van der Waals surface area contributed by atoms with Crippen LogP contribution in [-0.4, -0.2) is 53.0 Å². The number of rotatable bonds is 2. The number of carbonyl (C=O) groups is 1. The van der Waals surface area contributed by atoms with Gasteiger partial charge in [0, 0.05) is 36.3 Å². The van der Waals surface area contributed by atoms with E-state index in [-0.39, 0.29) is 5.91 Å². The van der Waals surface area contributed by atoms with Crippen molar-refractivity contribution in [3.63, 3.8) is 0 Å². The molecule has 5 heteroatoms. The zero-order valence-electron chi connectivity index (χ0n) is 12.9. The Balaban J connectivity index is 1.74. The van der Waals surface area contributed by atoms with Crippen molar-refractivity contribution in [2.45, 2.75) is 38.8 Å². The molecule has 1 aromatic rings. The Kier molecular flexibility index (Phi) is 4.41. The summed E-state index contributed by atoms with van der Waals surface area (Å²) in [5.74, 6) is 0.837. The highest BCUT2D eigenvalue weighted by Gasteiger charge is 2.36.